The molecule has 275 valence electrons. The molecule has 0 aliphatic heterocycles. The molecule has 10 heteroatoms. The van der Waals surface area contributed by atoms with Gasteiger partial charge in [0.05, 0.1) is 11.1 Å². The molecule has 0 saturated carbocycles. The smallest absolute Gasteiger partial charge is 0.508 e. The molecule has 1 radical (unpaired) electrons. The zero-order valence-corrected chi connectivity index (χ0v) is 31.1. The van der Waals surface area contributed by atoms with Crippen molar-refractivity contribution in [1.82, 2.24) is 0 Å². The molecular weight excluding hydrogens is 755 g/mol. The van der Waals surface area contributed by atoms with Crippen molar-refractivity contribution < 1.29 is 53.9 Å². The topological polar surface area (TPSA) is 40.5 Å². The maximum atomic E-state index is 11.8. The van der Waals surface area contributed by atoms with E-state index in [1.165, 1.54) is 31.9 Å². The summed E-state index contributed by atoms with van der Waals surface area (Å²) in [6, 6.07) is 58.0. The molecule has 0 aromatic heterocycles. The van der Waals surface area contributed by atoms with Gasteiger partial charge in [-0.3, -0.25) is 0 Å². The third-order valence-electron chi connectivity index (χ3n) is 7.42. The van der Waals surface area contributed by atoms with Gasteiger partial charge in [-0.2, -0.15) is 61.4 Å². The maximum absolute atomic E-state index is 11.8. The molecule has 2 N–H and O–H groups in total. The van der Waals surface area contributed by atoms with Crippen LogP contribution in [0.25, 0.3) is 21.5 Å². The summed E-state index contributed by atoms with van der Waals surface area (Å²) in [6.07, 6.45) is -8.65. The minimum atomic E-state index is -4.33. The Morgan fingerprint density at radius 1 is 0.389 bits per heavy atom. The van der Waals surface area contributed by atoms with Gasteiger partial charge in [-0.1, -0.05) is 83.2 Å². The second-order valence-corrected chi connectivity index (χ2v) is 13.0. The normalized spacial score (nSPS) is 10.5. The third-order valence-corrected chi connectivity index (χ3v) is 8.85. The fourth-order valence-electron chi connectivity index (χ4n) is 4.73. The van der Waals surface area contributed by atoms with Gasteiger partial charge in [0.2, 0.25) is 0 Å². The average molecular weight is 790 g/mol. The summed E-state index contributed by atoms with van der Waals surface area (Å²) in [6.45, 7) is 0. The Labute approximate surface area is 323 Å². The van der Waals surface area contributed by atoms with E-state index in [1.807, 2.05) is 0 Å². The van der Waals surface area contributed by atoms with Crippen LogP contribution in [0.3, 0.4) is 0 Å². The first-order valence-electron chi connectivity index (χ1n) is 16.3. The van der Waals surface area contributed by atoms with Crippen LogP contribution in [0, 0.1) is 0 Å². The van der Waals surface area contributed by atoms with E-state index >= 15 is 0 Å². The number of hydrogen-bond donors (Lipinski definition) is 2. The average Bonchev–Trinajstić information content (AvgIpc) is 3.84. The molecule has 0 aliphatic carbocycles. The summed E-state index contributed by atoms with van der Waals surface area (Å²) in [4.78, 5) is 0. The molecule has 8 aromatic rings. The molecule has 8 rings (SSSR count). The van der Waals surface area contributed by atoms with Crippen LogP contribution in [0.2, 0.25) is 0 Å². The van der Waals surface area contributed by atoms with Crippen molar-refractivity contribution in [2.45, 2.75) is 12.4 Å². The van der Waals surface area contributed by atoms with Gasteiger partial charge in [-0.15, -0.1) is 59.3 Å². The standard InChI is InChI=1S/C12H11Si.2C9H7.2C7H5F3O.Cr/c1-3-7-11(8-4-1)13-12-9-5-2-6-10-12;2*1-2-5-9-7-3-6-8(9)4-1;2*8-7(9,10)5-1-3-6(11)4-2-5;/h1-10,13H;2*1-7H;2*1-4,11H;/q;2*-1;;;+2. The predicted octanol–water partition coefficient (Wildman–Crippen LogP) is 11.0. The fourth-order valence-corrected chi connectivity index (χ4v) is 5.95. The summed E-state index contributed by atoms with van der Waals surface area (Å²) in [5, 5.41) is 25.5. The molecule has 0 fully saturated rings. The van der Waals surface area contributed by atoms with Crippen LogP contribution in [0.15, 0.2) is 194 Å². The molecule has 0 atom stereocenters. The maximum Gasteiger partial charge on any atom is 2.00 e. The largest absolute Gasteiger partial charge is 2.00 e. The Hall–Kier alpha value is -5.53. The van der Waals surface area contributed by atoms with Crippen molar-refractivity contribution in [2.75, 3.05) is 0 Å². The van der Waals surface area contributed by atoms with E-state index in [0.29, 0.717) is 0 Å². The van der Waals surface area contributed by atoms with E-state index in [9.17, 15) is 26.3 Å². The molecule has 2 nitrogen and oxygen atoms in total. The number of halogens is 6. The molecule has 0 heterocycles. The van der Waals surface area contributed by atoms with Crippen LogP contribution in [-0.4, -0.2) is 19.7 Å². The molecular formula is C44H35CrF6O2Si. The summed E-state index contributed by atoms with van der Waals surface area (Å²) in [5.74, 6) is -0.337. The van der Waals surface area contributed by atoms with Crippen LogP contribution < -0.4 is 10.4 Å². The van der Waals surface area contributed by atoms with E-state index in [2.05, 4.69) is 146 Å². The Balaban J connectivity index is 0.000000182. The fraction of sp³-hybridized carbons (Fsp3) is 0.0455. The van der Waals surface area contributed by atoms with E-state index in [1.54, 1.807) is 0 Å². The Morgan fingerprint density at radius 3 is 1.02 bits per heavy atom. The van der Waals surface area contributed by atoms with Gasteiger partial charge in [0.25, 0.3) is 0 Å². The van der Waals surface area contributed by atoms with E-state index in [-0.39, 0.29) is 38.4 Å². The first kappa shape index (κ1) is 42.9. The van der Waals surface area contributed by atoms with Crippen molar-refractivity contribution in [3.05, 3.63) is 205 Å². The minimum Gasteiger partial charge on any atom is -0.508 e. The van der Waals surface area contributed by atoms with Crippen LogP contribution in [0.5, 0.6) is 11.5 Å². The molecule has 54 heavy (non-hydrogen) atoms. The quantitative estimate of drug-likeness (QED) is 0.104. The molecule has 0 amide bonds. The molecule has 0 spiro atoms. The molecule has 0 aliphatic rings. The van der Waals surface area contributed by atoms with Crippen molar-refractivity contribution in [2.24, 2.45) is 0 Å². The first-order valence-corrected chi connectivity index (χ1v) is 17.4. The van der Waals surface area contributed by atoms with Gasteiger partial charge in [0.1, 0.15) is 21.0 Å². The third kappa shape index (κ3) is 14.8. The minimum absolute atomic E-state index is 0. The number of phenolic OH excluding ortho intramolecular Hbond substituents is 2. The van der Waals surface area contributed by atoms with Crippen molar-refractivity contribution in [3.8, 4) is 11.5 Å². The molecule has 0 saturated heterocycles. The zero-order valence-electron chi connectivity index (χ0n) is 28.6. The zero-order chi connectivity index (χ0) is 38.1. The Morgan fingerprint density at radius 2 is 0.704 bits per heavy atom. The Bertz CT molecular complexity index is 1980. The van der Waals surface area contributed by atoms with Crippen LogP contribution >= 0.6 is 0 Å². The van der Waals surface area contributed by atoms with Gasteiger partial charge in [0.15, 0.2) is 0 Å². The Kier molecular flexibility index (Phi) is 16.9. The summed E-state index contributed by atoms with van der Waals surface area (Å²) in [7, 11) is 0.271. The number of benzene rings is 6. The van der Waals surface area contributed by atoms with Gasteiger partial charge < -0.3 is 10.2 Å². The molecule has 0 bridgehead atoms. The van der Waals surface area contributed by atoms with Crippen LogP contribution in [0.4, 0.5) is 26.3 Å². The van der Waals surface area contributed by atoms with Gasteiger partial charge in [-0.25, -0.2) is 0 Å². The van der Waals surface area contributed by atoms with Crippen molar-refractivity contribution in [1.29, 1.82) is 0 Å². The van der Waals surface area contributed by atoms with E-state index < -0.39 is 23.5 Å². The van der Waals surface area contributed by atoms with Crippen LogP contribution in [-0.2, 0) is 29.7 Å². The second-order valence-electron chi connectivity index (χ2n) is 11.4. The van der Waals surface area contributed by atoms with E-state index in [4.69, 9.17) is 10.2 Å². The summed E-state index contributed by atoms with van der Waals surface area (Å²) in [5.41, 5.74) is -1.51. The number of rotatable bonds is 2. The summed E-state index contributed by atoms with van der Waals surface area (Å²) < 4.78 is 71.0. The van der Waals surface area contributed by atoms with Gasteiger partial charge in [0, 0.05) is 0 Å². The van der Waals surface area contributed by atoms with Crippen molar-refractivity contribution in [3.63, 3.8) is 0 Å². The monoisotopic (exact) mass is 789 g/mol. The summed E-state index contributed by atoms with van der Waals surface area (Å²) >= 11 is 0. The van der Waals surface area contributed by atoms with Crippen molar-refractivity contribution >= 4 is 41.4 Å². The number of aromatic hydroxyl groups is 2. The number of alkyl halides is 6. The SMILES string of the molecule is Oc1ccc(C(F)(F)F)cc1.Oc1ccc(C(F)(F)F)cc1.[Cr+2].c1ccc([SiH]c2ccccc2)cc1.c1ccc2[cH-]ccc2c1.c1ccc2[cH-]ccc2c1. The van der Waals surface area contributed by atoms with Gasteiger partial charge >= 0.3 is 29.7 Å². The van der Waals surface area contributed by atoms with E-state index in [0.717, 1.165) is 48.5 Å². The number of phenols is 2. The molecule has 8 aromatic carbocycles. The first-order chi connectivity index (χ1) is 25.4. The number of hydrogen-bond acceptors (Lipinski definition) is 2. The molecule has 0 unspecified atom stereocenters. The van der Waals surface area contributed by atoms with Crippen LogP contribution in [0.1, 0.15) is 11.1 Å². The predicted molar refractivity (Wildman–Crippen MR) is 205 cm³/mol. The van der Waals surface area contributed by atoms with Gasteiger partial charge in [-0.05, 0) is 48.5 Å². The number of fused-ring (bicyclic) bond motifs is 2. The second kappa shape index (κ2) is 21.2.